The van der Waals surface area contributed by atoms with Crippen LogP contribution in [0, 0.1) is 0 Å². The molecule has 2 amide bonds. The molecule has 0 unspecified atom stereocenters. The number of fused-ring (bicyclic) bond motifs is 1. The van der Waals surface area contributed by atoms with Crippen LogP contribution < -0.4 is 9.47 Å². The molecule has 1 aromatic rings. The van der Waals surface area contributed by atoms with E-state index in [1.165, 1.54) is 16.2 Å². The standard InChI is InChI=1S/C16H18N2O7S/c19-11(20)7-18-9-16(25-15(18)22)1-3-17(4-2-16)14(21)13-12-10(8-26-13)23-5-6-24-12/h8H,1-7,9H2,(H,19,20). The first-order valence-corrected chi connectivity index (χ1v) is 9.21. The maximum atomic E-state index is 12.8. The van der Waals surface area contributed by atoms with Crippen molar-refractivity contribution in [2.24, 2.45) is 0 Å². The highest BCUT2D eigenvalue weighted by atomic mass is 32.1. The van der Waals surface area contributed by atoms with Crippen molar-refractivity contribution in [1.82, 2.24) is 9.80 Å². The zero-order valence-corrected chi connectivity index (χ0v) is 14.8. The number of rotatable bonds is 3. The van der Waals surface area contributed by atoms with Gasteiger partial charge in [0.1, 0.15) is 30.2 Å². The van der Waals surface area contributed by atoms with E-state index in [1.54, 1.807) is 10.3 Å². The fourth-order valence-electron chi connectivity index (χ4n) is 3.51. The van der Waals surface area contributed by atoms with E-state index in [2.05, 4.69) is 0 Å². The topological polar surface area (TPSA) is 106 Å². The second kappa shape index (κ2) is 6.35. The van der Waals surface area contributed by atoms with Gasteiger partial charge >= 0.3 is 12.1 Å². The Morgan fingerprint density at radius 1 is 1.23 bits per heavy atom. The summed E-state index contributed by atoms with van der Waals surface area (Å²) in [4.78, 5) is 39.0. The smallest absolute Gasteiger partial charge is 0.411 e. The second-order valence-electron chi connectivity index (χ2n) is 6.55. The lowest BCUT2D eigenvalue weighted by Gasteiger charge is -2.37. The lowest BCUT2D eigenvalue weighted by Crippen LogP contribution is -2.48. The van der Waals surface area contributed by atoms with Crippen LogP contribution in [0.1, 0.15) is 22.5 Å². The van der Waals surface area contributed by atoms with E-state index < -0.39 is 17.7 Å². The van der Waals surface area contributed by atoms with Gasteiger partial charge in [-0.3, -0.25) is 14.5 Å². The Labute approximate surface area is 153 Å². The summed E-state index contributed by atoms with van der Waals surface area (Å²) in [7, 11) is 0. The average Bonchev–Trinajstić information content (AvgIpc) is 3.16. The summed E-state index contributed by atoms with van der Waals surface area (Å²) >= 11 is 1.30. The molecular formula is C16H18N2O7S. The Hall–Kier alpha value is -2.49. The number of piperidine rings is 1. The molecule has 140 valence electrons. The summed E-state index contributed by atoms with van der Waals surface area (Å²) in [5.41, 5.74) is -0.711. The molecule has 1 N–H and O–H groups in total. The highest BCUT2D eigenvalue weighted by Gasteiger charge is 2.48. The molecule has 26 heavy (non-hydrogen) atoms. The number of hydrogen-bond acceptors (Lipinski definition) is 7. The highest BCUT2D eigenvalue weighted by molar-refractivity contribution is 7.12. The van der Waals surface area contributed by atoms with Gasteiger partial charge in [-0.05, 0) is 0 Å². The normalized spacial score (nSPS) is 21.0. The van der Waals surface area contributed by atoms with Crippen LogP contribution in [0.25, 0.3) is 0 Å². The SMILES string of the molecule is O=C(O)CN1CC2(CCN(C(=O)c3scc4c3OCCO4)CC2)OC1=O. The third kappa shape index (κ3) is 2.94. The number of carbonyl (C=O) groups is 3. The number of carbonyl (C=O) groups excluding carboxylic acids is 2. The number of amides is 2. The molecule has 4 rings (SSSR count). The van der Waals surface area contributed by atoms with E-state index in [1.807, 2.05) is 0 Å². The maximum Gasteiger partial charge on any atom is 0.411 e. The van der Waals surface area contributed by atoms with Crippen LogP contribution in [-0.4, -0.2) is 77.9 Å². The van der Waals surface area contributed by atoms with Crippen LogP contribution in [-0.2, 0) is 9.53 Å². The van der Waals surface area contributed by atoms with Gasteiger partial charge in [0, 0.05) is 31.3 Å². The number of carboxylic acid groups (broad SMARTS) is 1. The zero-order valence-electron chi connectivity index (χ0n) is 13.9. The average molecular weight is 382 g/mol. The number of hydrogen-bond donors (Lipinski definition) is 1. The minimum Gasteiger partial charge on any atom is -0.485 e. The number of ether oxygens (including phenoxy) is 3. The first-order chi connectivity index (χ1) is 12.5. The number of carboxylic acids is 1. The third-order valence-corrected chi connectivity index (χ3v) is 5.75. The van der Waals surface area contributed by atoms with Gasteiger partial charge in [-0.1, -0.05) is 0 Å². The van der Waals surface area contributed by atoms with Crippen LogP contribution in [0.3, 0.4) is 0 Å². The highest BCUT2D eigenvalue weighted by Crippen LogP contribution is 2.41. The fraction of sp³-hybridized carbons (Fsp3) is 0.562. The maximum absolute atomic E-state index is 12.8. The third-order valence-electron chi connectivity index (χ3n) is 4.82. The molecular weight excluding hydrogens is 364 g/mol. The van der Waals surface area contributed by atoms with Crippen LogP contribution in [0.15, 0.2) is 5.38 Å². The minimum absolute atomic E-state index is 0.122. The Bertz CT molecular complexity index is 754. The van der Waals surface area contributed by atoms with Crippen molar-refractivity contribution in [3.8, 4) is 11.5 Å². The molecule has 0 atom stereocenters. The van der Waals surface area contributed by atoms with Gasteiger partial charge in [-0.2, -0.15) is 0 Å². The summed E-state index contributed by atoms with van der Waals surface area (Å²) in [6, 6.07) is 0. The quantitative estimate of drug-likeness (QED) is 0.832. The van der Waals surface area contributed by atoms with Crippen molar-refractivity contribution in [2.45, 2.75) is 18.4 Å². The van der Waals surface area contributed by atoms with Crippen molar-refractivity contribution in [3.05, 3.63) is 10.3 Å². The molecule has 9 nitrogen and oxygen atoms in total. The summed E-state index contributed by atoms with van der Waals surface area (Å²) < 4.78 is 16.5. The van der Waals surface area contributed by atoms with E-state index in [0.29, 0.717) is 55.5 Å². The van der Waals surface area contributed by atoms with Crippen LogP contribution in [0.4, 0.5) is 4.79 Å². The van der Waals surface area contributed by atoms with Crippen LogP contribution in [0.2, 0.25) is 0 Å². The largest absolute Gasteiger partial charge is 0.485 e. The molecule has 1 aromatic heterocycles. The molecule has 0 aromatic carbocycles. The van der Waals surface area contributed by atoms with Gasteiger partial charge in [0.05, 0.1) is 6.54 Å². The molecule has 10 heteroatoms. The lowest BCUT2D eigenvalue weighted by molar-refractivity contribution is -0.137. The molecule has 2 saturated heterocycles. The molecule has 3 aliphatic rings. The summed E-state index contributed by atoms with van der Waals surface area (Å²) in [6.07, 6.45) is 0.349. The molecule has 0 bridgehead atoms. The van der Waals surface area contributed by atoms with E-state index in [4.69, 9.17) is 19.3 Å². The molecule has 4 heterocycles. The summed E-state index contributed by atoms with van der Waals surface area (Å²) in [5, 5.41) is 10.6. The number of nitrogens with zero attached hydrogens (tertiary/aromatic N) is 2. The molecule has 1 spiro atoms. The predicted molar refractivity (Wildman–Crippen MR) is 88.9 cm³/mol. The monoisotopic (exact) mass is 382 g/mol. The minimum atomic E-state index is -1.07. The molecule has 2 fully saturated rings. The van der Waals surface area contributed by atoms with E-state index in [9.17, 15) is 14.4 Å². The van der Waals surface area contributed by atoms with Gasteiger partial charge < -0.3 is 24.2 Å². The van der Waals surface area contributed by atoms with Gasteiger partial charge in [-0.15, -0.1) is 11.3 Å². The Kier molecular flexibility index (Phi) is 4.14. The molecule has 3 aliphatic heterocycles. The zero-order chi connectivity index (χ0) is 18.3. The molecule has 0 radical (unpaired) electrons. The number of likely N-dealkylation sites (tertiary alicyclic amines) is 1. The van der Waals surface area contributed by atoms with E-state index in [-0.39, 0.29) is 19.0 Å². The van der Waals surface area contributed by atoms with Crippen LogP contribution >= 0.6 is 11.3 Å². The fourth-order valence-corrected chi connectivity index (χ4v) is 4.41. The molecule has 0 saturated carbocycles. The molecule has 0 aliphatic carbocycles. The summed E-state index contributed by atoms with van der Waals surface area (Å²) in [5.74, 6) is -0.0850. The Balaban J connectivity index is 1.41. The summed E-state index contributed by atoms with van der Waals surface area (Å²) in [6.45, 7) is 1.62. The van der Waals surface area contributed by atoms with E-state index in [0.717, 1.165) is 0 Å². The van der Waals surface area contributed by atoms with Crippen molar-refractivity contribution in [2.75, 3.05) is 39.4 Å². The van der Waals surface area contributed by atoms with Gasteiger partial charge in [0.2, 0.25) is 0 Å². The van der Waals surface area contributed by atoms with Crippen molar-refractivity contribution in [1.29, 1.82) is 0 Å². The first-order valence-electron chi connectivity index (χ1n) is 8.33. The number of aliphatic carboxylic acids is 1. The second-order valence-corrected chi connectivity index (χ2v) is 7.43. The first kappa shape index (κ1) is 17.0. The Morgan fingerprint density at radius 2 is 1.96 bits per heavy atom. The number of thiophene rings is 1. The van der Waals surface area contributed by atoms with Gasteiger partial charge in [-0.25, -0.2) is 4.79 Å². The van der Waals surface area contributed by atoms with Crippen molar-refractivity contribution >= 4 is 29.3 Å². The van der Waals surface area contributed by atoms with Crippen molar-refractivity contribution in [3.63, 3.8) is 0 Å². The van der Waals surface area contributed by atoms with Crippen LogP contribution in [0.5, 0.6) is 11.5 Å². The van der Waals surface area contributed by atoms with E-state index >= 15 is 0 Å². The Morgan fingerprint density at radius 3 is 2.69 bits per heavy atom. The van der Waals surface area contributed by atoms with Crippen molar-refractivity contribution < 1.29 is 33.7 Å². The van der Waals surface area contributed by atoms with Gasteiger partial charge in [0.25, 0.3) is 5.91 Å². The lowest BCUT2D eigenvalue weighted by atomic mass is 9.91. The van der Waals surface area contributed by atoms with Gasteiger partial charge in [0.15, 0.2) is 11.5 Å². The predicted octanol–water partition coefficient (Wildman–Crippen LogP) is 1.03.